The van der Waals surface area contributed by atoms with Crippen molar-refractivity contribution >= 4 is 15.9 Å². The monoisotopic (exact) mass is 357 g/mol. The third kappa shape index (κ3) is 3.02. The largest absolute Gasteiger partial charge is 0.296 e. The first-order valence-electron chi connectivity index (χ1n) is 7.75. The second-order valence-electron chi connectivity index (χ2n) is 5.73. The zero-order valence-electron chi connectivity index (χ0n) is 12.8. The van der Waals surface area contributed by atoms with E-state index >= 15 is 0 Å². The van der Waals surface area contributed by atoms with Crippen LogP contribution in [0, 0.1) is 5.82 Å². The van der Waals surface area contributed by atoms with Crippen LogP contribution in [0.5, 0.6) is 0 Å². The molecular formula is C16H25BrFN3. The molecule has 0 radical (unpaired) electrons. The molecule has 1 unspecified atom stereocenters. The molecule has 0 bridgehead atoms. The summed E-state index contributed by atoms with van der Waals surface area (Å²) >= 11 is 3.28. The predicted molar refractivity (Wildman–Crippen MR) is 88.3 cm³/mol. The minimum absolute atomic E-state index is 0.0973. The molecule has 3 nitrogen and oxygen atoms in total. The van der Waals surface area contributed by atoms with Crippen molar-refractivity contribution in [2.45, 2.75) is 51.1 Å². The number of hydrogen-bond donors (Lipinski definition) is 2. The quantitative estimate of drug-likeness (QED) is 0.601. The standard InChI is InChI=1S/C16H25BrFN3/c1-3-21(4-2)16(10-5-6-11-16)15(20-19)12-8-7-9-13(17)14(12)18/h7-9,15,20H,3-6,10-11,19H2,1-2H3. The Morgan fingerprint density at radius 1 is 1.33 bits per heavy atom. The van der Waals surface area contributed by atoms with Gasteiger partial charge in [0.05, 0.1) is 10.5 Å². The van der Waals surface area contributed by atoms with Gasteiger partial charge in [0, 0.05) is 11.1 Å². The number of hydrazine groups is 1. The fourth-order valence-electron chi connectivity index (χ4n) is 3.91. The first kappa shape index (κ1) is 16.9. The Hall–Kier alpha value is -0.490. The maximum Gasteiger partial charge on any atom is 0.142 e. The molecule has 0 aromatic heterocycles. The van der Waals surface area contributed by atoms with Crippen molar-refractivity contribution in [1.82, 2.24) is 10.3 Å². The number of rotatable bonds is 6. The number of nitrogens with two attached hydrogens (primary N) is 1. The normalized spacial score (nSPS) is 19.1. The summed E-state index contributed by atoms with van der Waals surface area (Å²) in [6, 6.07) is 5.24. The van der Waals surface area contributed by atoms with Crippen LogP contribution in [0.2, 0.25) is 0 Å². The van der Waals surface area contributed by atoms with Gasteiger partial charge in [-0.25, -0.2) is 4.39 Å². The summed E-state index contributed by atoms with van der Waals surface area (Å²) in [5.41, 5.74) is 3.47. The van der Waals surface area contributed by atoms with Crippen molar-refractivity contribution in [3.8, 4) is 0 Å². The highest BCUT2D eigenvalue weighted by atomic mass is 79.9. The molecule has 1 atom stereocenters. The fourth-order valence-corrected chi connectivity index (χ4v) is 4.29. The zero-order valence-corrected chi connectivity index (χ0v) is 14.4. The molecule has 0 spiro atoms. The molecule has 5 heteroatoms. The van der Waals surface area contributed by atoms with Crippen LogP contribution in [0.4, 0.5) is 4.39 Å². The summed E-state index contributed by atoms with van der Waals surface area (Å²) in [6.45, 7) is 6.22. The molecule has 2 rings (SSSR count). The Bertz CT molecular complexity index is 471. The van der Waals surface area contributed by atoms with Crippen LogP contribution in [-0.2, 0) is 0 Å². The molecule has 0 amide bonds. The van der Waals surface area contributed by atoms with Gasteiger partial charge in [-0.15, -0.1) is 0 Å². The van der Waals surface area contributed by atoms with Gasteiger partial charge in [0.2, 0.25) is 0 Å². The second-order valence-corrected chi connectivity index (χ2v) is 6.58. The fraction of sp³-hybridized carbons (Fsp3) is 0.625. The van der Waals surface area contributed by atoms with Crippen LogP contribution in [0.25, 0.3) is 0 Å². The lowest BCUT2D eigenvalue weighted by Crippen LogP contribution is -2.56. The van der Waals surface area contributed by atoms with Gasteiger partial charge in [0.15, 0.2) is 0 Å². The van der Waals surface area contributed by atoms with E-state index in [1.807, 2.05) is 12.1 Å². The molecule has 21 heavy (non-hydrogen) atoms. The first-order valence-corrected chi connectivity index (χ1v) is 8.55. The van der Waals surface area contributed by atoms with Crippen molar-refractivity contribution in [1.29, 1.82) is 0 Å². The number of benzene rings is 1. The summed E-state index contributed by atoms with van der Waals surface area (Å²) in [7, 11) is 0. The highest BCUT2D eigenvalue weighted by Crippen LogP contribution is 2.45. The lowest BCUT2D eigenvalue weighted by molar-refractivity contribution is 0.0612. The van der Waals surface area contributed by atoms with E-state index in [1.165, 1.54) is 12.8 Å². The van der Waals surface area contributed by atoms with Crippen molar-refractivity contribution in [3.63, 3.8) is 0 Å². The van der Waals surface area contributed by atoms with E-state index in [1.54, 1.807) is 6.07 Å². The lowest BCUT2D eigenvalue weighted by atomic mass is 9.82. The molecule has 1 fully saturated rings. The van der Waals surface area contributed by atoms with Gasteiger partial charge in [-0.3, -0.25) is 16.2 Å². The first-order chi connectivity index (χ1) is 10.1. The zero-order chi connectivity index (χ0) is 15.5. The molecule has 1 aliphatic carbocycles. The molecule has 1 aromatic rings. The summed E-state index contributed by atoms with van der Waals surface area (Å²) in [5.74, 6) is 5.67. The number of likely N-dealkylation sites (N-methyl/N-ethyl adjacent to an activating group) is 1. The van der Waals surface area contributed by atoms with Crippen LogP contribution >= 0.6 is 15.9 Å². The molecule has 1 aromatic carbocycles. The highest BCUT2D eigenvalue weighted by molar-refractivity contribution is 9.10. The molecule has 118 valence electrons. The lowest BCUT2D eigenvalue weighted by Gasteiger charge is -2.46. The van der Waals surface area contributed by atoms with Gasteiger partial charge >= 0.3 is 0 Å². The van der Waals surface area contributed by atoms with Gasteiger partial charge in [0.25, 0.3) is 0 Å². The summed E-state index contributed by atoms with van der Waals surface area (Å²) in [6.07, 6.45) is 4.44. The molecule has 3 N–H and O–H groups in total. The van der Waals surface area contributed by atoms with E-state index in [9.17, 15) is 4.39 Å². The van der Waals surface area contributed by atoms with Gasteiger partial charge in [-0.2, -0.15) is 0 Å². The van der Waals surface area contributed by atoms with Crippen molar-refractivity contribution in [2.24, 2.45) is 5.84 Å². The summed E-state index contributed by atoms with van der Waals surface area (Å²) < 4.78 is 15.1. The van der Waals surface area contributed by atoms with Crippen molar-refractivity contribution in [3.05, 3.63) is 34.1 Å². The number of nitrogens with zero attached hydrogens (tertiary/aromatic N) is 1. The van der Waals surface area contributed by atoms with Gasteiger partial charge in [0.1, 0.15) is 5.82 Å². The highest BCUT2D eigenvalue weighted by Gasteiger charge is 2.46. The second kappa shape index (κ2) is 7.18. The number of halogens is 2. The molecule has 0 heterocycles. The van der Waals surface area contributed by atoms with E-state index in [-0.39, 0.29) is 17.4 Å². The van der Waals surface area contributed by atoms with Gasteiger partial charge in [-0.1, -0.05) is 38.8 Å². The Morgan fingerprint density at radius 3 is 2.48 bits per heavy atom. The average Bonchev–Trinajstić information content (AvgIpc) is 2.96. The molecule has 1 aliphatic rings. The Labute approximate surface area is 135 Å². The van der Waals surface area contributed by atoms with E-state index in [4.69, 9.17) is 5.84 Å². The Morgan fingerprint density at radius 2 is 1.95 bits per heavy atom. The molecule has 0 aliphatic heterocycles. The Kier molecular flexibility index (Phi) is 5.77. The smallest absolute Gasteiger partial charge is 0.142 e. The van der Waals surface area contributed by atoms with Crippen LogP contribution in [0.1, 0.15) is 51.1 Å². The van der Waals surface area contributed by atoms with E-state index < -0.39 is 0 Å². The molecular weight excluding hydrogens is 333 g/mol. The predicted octanol–water partition coefficient (Wildman–Crippen LogP) is 3.75. The van der Waals surface area contributed by atoms with E-state index in [0.29, 0.717) is 10.0 Å². The topological polar surface area (TPSA) is 41.3 Å². The maximum atomic E-state index is 14.6. The maximum absolute atomic E-state index is 14.6. The third-order valence-electron chi connectivity index (χ3n) is 4.86. The summed E-state index contributed by atoms with van der Waals surface area (Å²) in [5, 5.41) is 0. The van der Waals surface area contributed by atoms with Crippen LogP contribution in [0.15, 0.2) is 22.7 Å². The van der Waals surface area contributed by atoms with Crippen molar-refractivity contribution in [2.75, 3.05) is 13.1 Å². The minimum atomic E-state index is -0.209. The third-order valence-corrected chi connectivity index (χ3v) is 5.47. The van der Waals surface area contributed by atoms with Crippen LogP contribution < -0.4 is 11.3 Å². The summed E-state index contributed by atoms with van der Waals surface area (Å²) in [4.78, 5) is 2.44. The van der Waals surface area contributed by atoms with E-state index in [0.717, 1.165) is 25.9 Å². The van der Waals surface area contributed by atoms with E-state index in [2.05, 4.69) is 40.1 Å². The number of nitrogens with one attached hydrogen (secondary N) is 1. The van der Waals surface area contributed by atoms with Crippen LogP contribution in [0.3, 0.4) is 0 Å². The van der Waals surface area contributed by atoms with Crippen molar-refractivity contribution < 1.29 is 4.39 Å². The van der Waals surface area contributed by atoms with Gasteiger partial charge < -0.3 is 0 Å². The van der Waals surface area contributed by atoms with Gasteiger partial charge in [-0.05, 0) is 47.9 Å². The molecule has 1 saturated carbocycles. The number of hydrogen-bond acceptors (Lipinski definition) is 3. The molecule has 0 saturated heterocycles. The Balaban J connectivity index is 2.48. The minimum Gasteiger partial charge on any atom is -0.296 e. The van der Waals surface area contributed by atoms with Crippen LogP contribution in [-0.4, -0.2) is 23.5 Å². The average molecular weight is 358 g/mol. The SMILES string of the molecule is CCN(CC)C1(C(NN)c2cccc(Br)c2F)CCCC1.